The van der Waals surface area contributed by atoms with Crippen molar-refractivity contribution < 1.29 is 21.6 Å². The maximum Gasteiger partial charge on any atom is 0.243 e. The number of hydrogen-bond acceptors (Lipinski definition) is 6. The summed E-state index contributed by atoms with van der Waals surface area (Å²) in [6, 6.07) is 14.6. The van der Waals surface area contributed by atoms with Gasteiger partial charge in [0, 0.05) is 38.3 Å². The van der Waals surface area contributed by atoms with Gasteiger partial charge in [-0.15, -0.1) is 0 Å². The highest BCUT2D eigenvalue weighted by Crippen LogP contribution is 2.39. The van der Waals surface area contributed by atoms with E-state index in [9.17, 15) is 16.8 Å². The molecule has 2 aromatic rings. The number of hydrogen-bond donors (Lipinski definition) is 1. The summed E-state index contributed by atoms with van der Waals surface area (Å²) in [5, 5.41) is 0. The topological polar surface area (TPSA) is 96.0 Å². The van der Waals surface area contributed by atoms with Crippen molar-refractivity contribution in [3.05, 3.63) is 59.7 Å². The molecule has 1 fully saturated rings. The van der Waals surface area contributed by atoms with Crippen molar-refractivity contribution in [2.45, 2.75) is 36.2 Å². The predicted molar refractivity (Wildman–Crippen MR) is 127 cm³/mol. The summed E-state index contributed by atoms with van der Waals surface area (Å²) in [7, 11) is -5.73. The summed E-state index contributed by atoms with van der Waals surface area (Å²) < 4.78 is 59.7. The molecule has 1 saturated heterocycles. The quantitative estimate of drug-likeness (QED) is 0.604. The normalized spacial score (nSPS) is 21.4. The maximum atomic E-state index is 13.7. The smallest absolute Gasteiger partial charge is 0.243 e. The Bertz CT molecular complexity index is 1180. The maximum absolute atomic E-state index is 13.7. The third-order valence-corrected chi connectivity index (χ3v) is 9.23. The Hall–Kier alpha value is -1.98. The molecule has 0 unspecified atom stereocenters. The van der Waals surface area contributed by atoms with Crippen molar-refractivity contribution in [2.24, 2.45) is 0 Å². The minimum Gasteiger partial charge on any atom is -0.497 e. The van der Waals surface area contributed by atoms with Gasteiger partial charge in [-0.05, 0) is 54.7 Å². The van der Waals surface area contributed by atoms with Gasteiger partial charge in [0.1, 0.15) is 5.75 Å². The van der Waals surface area contributed by atoms with Crippen molar-refractivity contribution in [3.8, 4) is 5.75 Å². The van der Waals surface area contributed by atoms with Crippen LogP contribution in [-0.4, -0.2) is 71.6 Å². The molecule has 0 aliphatic carbocycles. The van der Waals surface area contributed by atoms with Crippen molar-refractivity contribution in [2.75, 3.05) is 39.5 Å². The second-order valence-electron chi connectivity index (χ2n) is 8.64. The van der Waals surface area contributed by atoms with Gasteiger partial charge in [0.2, 0.25) is 20.0 Å². The second-order valence-corrected chi connectivity index (χ2v) is 12.4. The molecule has 33 heavy (non-hydrogen) atoms. The van der Waals surface area contributed by atoms with E-state index in [2.05, 4.69) is 21.8 Å². The summed E-state index contributed by atoms with van der Waals surface area (Å²) in [6.07, 6.45) is 3.45. The van der Waals surface area contributed by atoms with Gasteiger partial charge >= 0.3 is 0 Å². The lowest BCUT2D eigenvalue weighted by Gasteiger charge is -2.46. The standard InChI is InChI=1S/C23H31N3O5S2/c1-31-20-7-9-21(10-8-20)33(29,30)26(16-13-24-32(2,27)28)19-12-15-25-14-11-18-5-3-4-6-22(18)23(25)17-19/h3-10,19,23-24H,11-17H2,1-2H3/t19-,23+/m1/s1. The monoisotopic (exact) mass is 493 g/mol. The lowest BCUT2D eigenvalue weighted by Crippen LogP contribution is -2.51. The number of nitrogens with zero attached hydrogens (tertiary/aromatic N) is 2. The van der Waals surface area contributed by atoms with Crippen molar-refractivity contribution >= 4 is 20.0 Å². The fourth-order valence-corrected chi connectivity index (χ4v) is 7.05. The Kier molecular flexibility index (Phi) is 7.11. The van der Waals surface area contributed by atoms with Crippen LogP contribution in [0.1, 0.15) is 30.0 Å². The van der Waals surface area contributed by atoms with Crippen LogP contribution in [0.3, 0.4) is 0 Å². The first kappa shape index (κ1) is 24.2. The number of rotatable bonds is 8. The number of fused-ring (bicyclic) bond motifs is 3. The fraction of sp³-hybridized carbons (Fsp3) is 0.478. The molecule has 10 heteroatoms. The van der Waals surface area contributed by atoms with Crippen LogP contribution >= 0.6 is 0 Å². The average Bonchev–Trinajstić information content (AvgIpc) is 2.80. The molecular formula is C23H31N3O5S2. The van der Waals surface area contributed by atoms with Crippen LogP contribution in [0.5, 0.6) is 5.75 Å². The molecule has 0 aromatic heterocycles. The second kappa shape index (κ2) is 9.71. The van der Waals surface area contributed by atoms with Crippen LogP contribution < -0.4 is 9.46 Å². The third-order valence-electron chi connectivity index (χ3n) is 6.54. The molecule has 180 valence electrons. The van der Waals surface area contributed by atoms with Crippen molar-refractivity contribution in [1.82, 2.24) is 13.9 Å². The first-order valence-corrected chi connectivity index (χ1v) is 14.4. The van der Waals surface area contributed by atoms with E-state index < -0.39 is 20.0 Å². The van der Waals surface area contributed by atoms with Crippen LogP contribution in [-0.2, 0) is 26.5 Å². The average molecular weight is 494 g/mol. The number of nitrogens with one attached hydrogen (secondary N) is 1. The number of piperidine rings is 1. The highest BCUT2D eigenvalue weighted by Gasteiger charge is 2.39. The first-order valence-electron chi connectivity index (χ1n) is 11.1. The van der Waals surface area contributed by atoms with E-state index in [0.29, 0.717) is 18.6 Å². The Labute approximate surface area is 196 Å². The van der Waals surface area contributed by atoms with E-state index in [-0.39, 0.29) is 30.1 Å². The molecule has 2 heterocycles. The zero-order chi connectivity index (χ0) is 23.6. The van der Waals surface area contributed by atoms with Gasteiger partial charge in [-0.25, -0.2) is 21.6 Å². The van der Waals surface area contributed by atoms with Crippen molar-refractivity contribution in [3.63, 3.8) is 0 Å². The third kappa shape index (κ3) is 5.41. The van der Waals surface area contributed by atoms with Gasteiger partial charge in [-0.2, -0.15) is 4.31 Å². The van der Waals surface area contributed by atoms with E-state index in [1.807, 2.05) is 12.1 Å². The Morgan fingerprint density at radius 1 is 1.06 bits per heavy atom. The Morgan fingerprint density at radius 2 is 1.79 bits per heavy atom. The minimum atomic E-state index is -3.83. The van der Waals surface area contributed by atoms with E-state index in [1.54, 1.807) is 12.1 Å². The van der Waals surface area contributed by atoms with Crippen LogP contribution in [0, 0.1) is 0 Å². The highest BCUT2D eigenvalue weighted by molar-refractivity contribution is 7.89. The molecular weight excluding hydrogens is 462 g/mol. The molecule has 0 bridgehead atoms. The summed E-state index contributed by atoms with van der Waals surface area (Å²) >= 11 is 0. The first-order chi connectivity index (χ1) is 15.7. The zero-order valence-electron chi connectivity index (χ0n) is 19.0. The predicted octanol–water partition coefficient (Wildman–Crippen LogP) is 2.00. The zero-order valence-corrected chi connectivity index (χ0v) is 20.6. The molecule has 1 N–H and O–H groups in total. The Balaban J connectivity index is 1.63. The number of sulfonamides is 2. The lowest BCUT2D eigenvalue weighted by molar-refractivity contribution is 0.0911. The van der Waals surface area contributed by atoms with Gasteiger partial charge in [-0.3, -0.25) is 4.90 Å². The van der Waals surface area contributed by atoms with Gasteiger partial charge in [0.05, 0.1) is 18.3 Å². The summed E-state index contributed by atoms with van der Waals surface area (Å²) in [6.45, 7) is 1.86. The fourth-order valence-electron chi connectivity index (χ4n) is 4.92. The van der Waals surface area contributed by atoms with Crippen molar-refractivity contribution in [1.29, 1.82) is 0 Å². The summed E-state index contributed by atoms with van der Waals surface area (Å²) in [5.41, 5.74) is 2.59. The number of benzene rings is 2. The van der Waals surface area contributed by atoms with Gasteiger partial charge < -0.3 is 4.74 Å². The van der Waals surface area contributed by atoms with Crippen LogP contribution in [0.2, 0.25) is 0 Å². The molecule has 0 radical (unpaired) electrons. The molecule has 2 aliphatic heterocycles. The molecule has 0 amide bonds. The molecule has 0 spiro atoms. The summed E-state index contributed by atoms with van der Waals surface area (Å²) in [5.74, 6) is 0.575. The molecule has 8 nitrogen and oxygen atoms in total. The van der Waals surface area contributed by atoms with Gasteiger partial charge in [-0.1, -0.05) is 24.3 Å². The largest absolute Gasteiger partial charge is 0.497 e. The molecule has 2 aromatic carbocycles. The van der Waals surface area contributed by atoms with Crippen LogP contribution in [0.15, 0.2) is 53.4 Å². The number of ether oxygens (including phenoxy) is 1. The molecule has 2 aliphatic rings. The Morgan fingerprint density at radius 3 is 2.48 bits per heavy atom. The molecule has 4 rings (SSSR count). The van der Waals surface area contributed by atoms with Gasteiger partial charge in [0.25, 0.3) is 0 Å². The minimum absolute atomic E-state index is 0.0235. The molecule has 2 atom stereocenters. The van der Waals surface area contributed by atoms with E-state index >= 15 is 0 Å². The van der Waals surface area contributed by atoms with E-state index in [4.69, 9.17) is 4.74 Å². The SMILES string of the molecule is COc1ccc(S(=O)(=O)N(CCNS(C)(=O)=O)[C@@H]2CCN3CCc4ccccc4[C@@H]3C2)cc1. The summed E-state index contributed by atoms with van der Waals surface area (Å²) in [4.78, 5) is 2.61. The van der Waals surface area contributed by atoms with Crippen LogP contribution in [0.4, 0.5) is 0 Å². The van der Waals surface area contributed by atoms with E-state index in [0.717, 1.165) is 25.8 Å². The van der Waals surface area contributed by atoms with Crippen LogP contribution in [0.25, 0.3) is 0 Å². The van der Waals surface area contributed by atoms with Gasteiger partial charge in [0.15, 0.2) is 0 Å². The van der Waals surface area contributed by atoms with E-state index in [1.165, 1.54) is 34.7 Å². The lowest BCUT2D eigenvalue weighted by atomic mass is 9.85. The number of methoxy groups -OCH3 is 1. The molecule has 0 saturated carbocycles. The highest BCUT2D eigenvalue weighted by atomic mass is 32.2.